The van der Waals surface area contributed by atoms with Crippen LogP contribution in [0.4, 0.5) is 0 Å². The van der Waals surface area contributed by atoms with Gasteiger partial charge in [-0.25, -0.2) is 4.79 Å². The second kappa shape index (κ2) is 7.99. The van der Waals surface area contributed by atoms with Gasteiger partial charge >= 0.3 is 5.97 Å². The minimum Gasteiger partial charge on any atom is -0.458 e. The van der Waals surface area contributed by atoms with Crippen LogP contribution in [0.1, 0.15) is 71.6 Å². The van der Waals surface area contributed by atoms with E-state index in [-0.39, 0.29) is 11.4 Å². The Balaban J connectivity index is 1.31. The highest BCUT2D eigenvalue weighted by molar-refractivity contribution is 7.99. The maximum Gasteiger partial charge on any atom is 0.331 e. The molecule has 4 aliphatic carbocycles. The highest BCUT2D eigenvalue weighted by Crippen LogP contribution is 2.67. The third-order valence-electron chi connectivity index (χ3n) is 9.85. The van der Waals surface area contributed by atoms with E-state index in [1.165, 1.54) is 56.3 Å². The Morgan fingerprint density at radius 1 is 1.20 bits per heavy atom. The van der Waals surface area contributed by atoms with E-state index in [0.29, 0.717) is 17.9 Å². The number of fused-ring (bicyclic) bond motifs is 5. The van der Waals surface area contributed by atoms with E-state index in [2.05, 4.69) is 31.7 Å². The number of hydrogen-bond acceptors (Lipinski definition) is 4. The van der Waals surface area contributed by atoms with Crippen LogP contribution >= 0.6 is 11.8 Å². The fourth-order valence-corrected chi connectivity index (χ4v) is 9.50. The molecule has 1 heterocycles. The number of hydrogen-bond donors (Lipinski definition) is 1. The van der Waals surface area contributed by atoms with E-state index in [1.54, 1.807) is 11.6 Å². The van der Waals surface area contributed by atoms with Crippen molar-refractivity contribution >= 4 is 17.7 Å². The molecular formula is C26H39NO2S. The summed E-state index contributed by atoms with van der Waals surface area (Å²) in [7, 11) is 0. The Morgan fingerprint density at radius 3 is 2.83 bits per heavy atom. The van der Waals surface area contributed by atoms with Crippen molar-refractivity contribution in [3.05, 3.63) is 23.3 Å². The maximum absolute atomic E-state index is 11.7. The summed E-state index contributed by atoms with van der Waals surface area (Å²) in [5.41, 5.74) is 9.49. The van der Waals surface area contributed by atoms with Crippen LogP contribution in [-0.2, 0) is 9.53 Å². The molecule has 4 heteroatoms. The monoisotopic (exact) mass is 429 g/mol. The molecule has 3 nitrogen and oxygen atoms in total. The summed E-state index contributed by atoms with van der Waals surface area (Å²) in [5.74, 6) is 4.14. The zero-order valence-electron chi connectivity index (χ0n) is 18.8. The Morgan fingerprint density at radius 2 is 2.07 bits per heavy atom. The first-order valence-electron chi connectivity index (χ1n) is 12.3. The van der Waals surface area contributed by atoms with Crippen molar-refractivity contribution in [2.24, 2.45) is 40.2 Å². The molecule has 0 spiro atoms. The summed E-state index contributed by atoms with van der Waals surface area (Å²) in [6, 6.07) is 0. The smallest absolute Gasteiger partial charge is 0.331 e. The van der Waals surface area contributed by atoms with Crippen LogP contribution in [0.2, 0.25) is 0 Å². The highest BCUT2D eigenvalue weighted by Gasteiger charge is 2.58. The van der Waals surface area contributed by atoms with Crippen molar-refractivity contribution in [1.82, 2.24) is 0 Å². The first-order chi connectivity index (χ1) is 14.5. The fraction of sp³-hybridized carbons (Fsp3) is 0.808. The maximum atomic E-state index is 11.7. The topological polar surface area (TPSA) is 52.3 Å². The predicted octanol–water partition coefficient (Wildman–Crippen LogP) is 5.50. The number of thioether (sulfide) groups is 1. The van der Waals surface area contributed by atoms with Crippen LogP contribution in [0.5, 0.6) is 0 Å². The van der Waals surface area contributed by atoms with Gasteiger partial charge in [0.15, 0.2) is 0 Å². The zero-order chi connectivity index (χ0) is 20.9. The lowest BCUT2D eigenvalue weighted by atomic mass is 9.46. The van der Waals surface area contributed by atoms with Crippen molar-refractivity contribution < 1.29 is 9.53 Å². The standard InChI is InChI=1S/C26H39NO2S/c1-25-10-8-19(30-13-3-12-27)15-18(25)4-5-20-22-7-6-21(17-14-24(28)29-16-17)26(22,2)11-9-23(20)25/h7,14,18-21,23H,3-6,8-13,15-16,27H2,1-2H3/t18-,19+,20?,21-,23?,25+,26-/m1/s1. The van der Waals surface area contributed by atoms with Gasteiger partial charge < -0.3 is 10.5 Å². The van der Waals surface area contributed by atoms with E-state index >= 15 is 0 Å². The number of allylic oxidation sites excluding steroid dienone is 2. The van der Waals surface area contributed by atoms with E-state index < -0.39 is 0 Å². The molecule has 0 bridgehead atoms. The number of esters is 1. The summed E-state index contributed by atoms with van der Waals surface area (Å²) in [6.45, 7) is 6.50. The molecule has 0 aromatic rings. The van der Waals surface area contributed by atoms with Gasteiger partial charge in [-0.15, -0.1) is 0 Å². The van der Waals surface area contributed by atoms with E-state index in [9.17, 15) is 4.79 Å². The average Bonchev–Trinajstić information content (AvgIpc) is 3.30. The number of cyclic esters (lactones) is 1. The Hall–Kier alpha value is -0.740. The summed E-state index contributed by atoms with van der Waals surface area (Å²) < 4.78 is 5.28. The van der Waals surface area contributed by atoms with Crippen LogP contribution in [0.25, 0.3) is 0 Å². The number of carbonyl (C=O) groups is 1. The molecule has 3 fully saturated rings. The number of ether oxygens (including phenoxy) is 1. The Bertz CT molecular complexity index is 760. The third kappa shape index (κ3) is 3.32. The second-order valence-corrected chi connectivity index (χ2v) is 12.5. The normalized spacial score (nSPS) is 45.2. The molecule has 5 rings (SSSR count). The lowest BCUT2D eigenvalue weighted by Gasteiger charge is -2.60. The Kier molecular flexibility index (Phi) is 5.63. The molecule has 166 valence electrons. The number of nitrogens with two attached hydrogens (primary N) is 1. The van der Waals surface area contributed by atoms with Gasteiger partial charge in [-0.2, -0.15) is 11.8 Å². The van der Waals surface area contributed by atoms with Gasteiger partial charge in [-0.1, -0.05) is 25.5 Å². The van der Waals surface area contributed by atoms with Gasteiger partial charge in [-0.05, 0) is 110 Å². The first kappa shape index (κ1) is 21.1. The molecule has 30 heavy (non-hydrogen) atoms. The molecule has 2 N–H and O–H groups in total. The van der Waals surface area contributed by atoms with Crippen LogP contribution in [0, 0.1) is 34.5 Å². The molecule has 2 unspecified atom stereocenters. The largest absolute Gasteiger partial charge is 0.458 e. The van der Waals surface area contributed by atoms with Gasteiger partial charge in [0.25, 0.3) is 0 Å². The lowest BCUT2D eigenvalue weighted by Crippen LogP contribution is -2.51. The van der Waals surface area contributed by atoms with Crippen LogP contribution in [-0.4, -0.2) is 30.1 Å². The fourth-order valence-electron chi connectivity index (χ4n) is 8.18. The summed E-state index contributed by atoms with van der Waals surface area (Å²) >= 11 is 2.20. The van der Waals surface area contributed by atoms with Gasteiger partial charge in [0.2, 0.25) is 0 Å². The van der Waals surface area contributed by atoms with Crippen molar-refractivity contribution in [2.45, 2.75) is 76.9 Å². The molecule has 3 saturated carbocycles. The van der Waals surface area contributed by atoms with Gasteiger partial charge in [0.05, 0.1) is 0 Å². The summed E-state index contributed by atoms with van der Waals surface area (Å²) in [5, 5.41) is 0.863. The van der Waals surface area contributed by atoms with Crippen molar-refractivity contribution in [2.75, 3.05) is 18.9 Å². The first-order valence-corrected chi connectivity index (χ1v) is 13.4. The van der Waals surface area contributed by atoms with E-state index in [4.69, 9.17) is 10.5 Å². The van der Waals surface area contributed by atoms with Gasteiger partial charge in [0, 0.05) is 11.3 Å². The van der Waals surface area contributed by atoms with Gasteiger partial charge in [-0.3, -0.25) is 0 Å². The molecule has 1 aliphatic heterocycles. The number of carbonyl (C=O) groups excluding carboxylic acids is 1. The van der Waals surface area contributed by atoms with E-state index in [0.717, 1.165) is 42.4 Å². The number of rotatable bonds is 5. The van der Waals surface area contributed by atoms with Crippen molar-refractivity contribution in [3.63, 3.8) is 0 Å². The third-order valence-corrected chi connectivity index (χ3v) is 11.3. The minimum atomic E-state index is -0.134. The van der Waals surface area contributed by atoms with Gasteiger partial charge in [0.1, 0.15) is 6.61 Å². The zero-order valence-corrected chi connectivity index (χ0v) is 19.6. The highest BCUT2D eigenvalue weighted by atomic mass is 32.2. The summed E-state index contributed by atoms with van der Waals surface area (Å²) in [4.78, 5) is 11.7. The van der Waals surface area contributed by atoms with Crippen LogP contribution in [0.15, 0.2) is 23.3 Å². The predicted molar refractivity (Wildman–Crippen MR) is 124 cm³/mol. The second-order valence-electron chi connectivity index (χ2n) is 11.1. The summed E-state index contributed by atoms with van der Waals surface area (Å²) in [6.07, 6.45) is 16.3. The quantitative estimate of drug-likeness (QED) is 0.356. The molecule has 5 aliphatic rings. The molecule has 0 aromatic heterocycles. The average molecular weight is 430 g/mol. The van der Waals surface area contributed by atoms with Crippen LogP contribution in [0.3, 0.4) is 0 Å². The van der Waals surface area contributed by atoms with Crippen molar-refractivity contribution in [3.8, 4) is 0 Å². The molecule has 0 saturated heterocycles. The Labute approximate surface area is 186 Å². The lowest BCUT2D eigenvalue weighted by molar-refractivity contribution is -0.135. The molecule has 0 radical (unpaired) electrons. The molecule has 0 aromatic carbocycles. The van der Waals surface area contributed by atoms with Crippen LogP contribution < -0.4 is 5.73 Å². The SMILES string of the molecule is C[C@]12CCC3C(CC[C@@H]4C[C@@H](SCCCN)CC[C@]34C)C1=CC[C@@H]2C1=CC(=O)OC1. The van der Waals surface area contributed by atoms with E-state index in [1.807, 2.05) is 0 Å². The van der Waals surface area contributed by atoms with Crippen molar-refractivity contribution in [1.29, 1.82) is 0 Å². The minimum absolute atomic E-state index is 0.134. The molecule has 7 atom stereocenters. The molecule has 0 amide bonds. The molecular weight excluding hydrogens is 390 g/mol.